The Morgan fingerprint density at radius 3 is 2.04 bits per heavy atom. The third kappa shape index (κ3) is 5.46. The molecule has 25 heavy (non-hydrogen) atoms. The molecular formula is C19H20BrN3O2. The summed E-state index contributed by atoms with van der Waals surface area (Å²) in [6, 6.07) is 14.3. The minimum atomic E-state index is -0.269. The van der Waals surface area contributed by atoms with E-state index in [4.69, 9.17) is 0 Å². The van der Waals surface area contributed by atoms with E-state index in [1.54, 1.807) is 31.2 Å². The van der Waals surface area contributed by atoms with E-state index in [9.17, 15) is 9.59 Å². The first-order valence-electron chi connectivity index (χ1n) is 7.69. The van der Waals surface area contributed by atoms with Gasteiger partial charge in [0.25, 0.3) is 5.91 Å². The van der Waals surface area contributed by atoms with Gasteiger partial charge in [0.2, 0.25) is 0 Å². The fourth-order valence-corrected chi connectivity index (χ4v) is 2.33. The van der Waals surface area contributed by atoms with Gasteiger partial charge in [-0.25, -0.2) is 0 Å². The summed E-state index contributed by atoms with van der Waals surface area (Å²) < 4.78 is 0.912. The minimum Gasteiger partial charge on any atom is -0.378 e. The van der Waals surface area contributed by atoms with E-state index < -0.39 is 0 Å². The lowest BCUT2D eigenvalue weighted by atomic mass is 10.1. The molecule has 0 bridgehead atoms. The van der Waals surface area contributed by atoms with Crippen molar-refractivity contribution in [1.82, 2.24) is 10.9 Å². The number of halogens is 1. The predicted molar refractivity (Wildman–Crippen MR) is 104 cm³/mol. The van der Waals surface area contributed by atoms with Crippen LogP contribution in [0.15, 0.2) is 64.8 Å². The number of rotatable bonds is 6. The van der Waals surface area contributed by atoms with Crippen LogP contribution in [0.25, 0.3) is 0 Å². The first-order chi connectivity index (χ1) is 11.9. The van der Waals surface area contributed by atoms with Crippen molar-refractivity contribution in [2.75, 3.05) is 19.0 Å². The van der Waals surface area contributed by atoms with Crippen molar-refractivity contribution >= 4 is 33.3 Å². The molecule has 2 rings (SSSR count). The van der Waals surface area contributed by atoms with E-state index in [1.807, 2.05) is 43.3 Å². The summed E-state index contributed by atoms with van der Waals surface area (Å²) in [4.78, 5) is 26.2. The summed E-state index contributed by atoms with van der Waals surface area (Å²) in [5, 5.41) is 0. The van der Waals surface area contributed by atoms with Gasteiger partial charge in [0.1, 0.15) is 0 Å². The summed E-state index contributed by atoms with van der Waals surface area (Å²) in [7, 11) is 3.88. The number of carbonyl (C=O) groups is 2. The Kier molecular flexibility index (Phi) is 6.36. The van der Waals surface area contributed by atoms with Crippen LogP contribution >= 0.6 is 15.9 Å². The van der Waals surface area contributed by atoms with Crippen LogP contribution in [-0.2, 0) is 0 Å². The number of hydrazine groups is 1. The molecule has 0 spiro atoms. The average Bonchev–Trinajstić information content (AvgIpc) is 2.60. The zero-order valence-electron chi connectivity index (χ0n) is 14.3. The smallest absolute Gasteiger partial charge is 0.269 e. The van der Waals surface area contributed by atoms with Crippen molar-refractivity contribution in [3.8, 4) is 0 Å². The van der Waals surface area contributed by atoms with Crippen molar-refractivity contribution in [3.63, 3.8) is 0 Å². The lowest BCUT2D eigenvalue weighted by molar-refractivity contribution is 0.0936. The van der Waals surface area contributed by atoms with Crippen molar-refractivity contribution in [2.24, 2.45) is 0 Å². The second kappa shape index (κ2) is 8.48. The van der Waals surface area contributed by atoms with Gasteiger partial charge in [0.05, 0.1) is 0 Å². The number of nitrogens with zero attached hydrogens (tertiary/aromatic N) is 1. The number of ketones is 1. The van der Waals surface area contributed by atoms with E-state index in [2.05, 4.69) is 26.8 Å². The highest BCUT2D eigenvalue weighted by atomic mass is 79.9. The Hall–Kier alpha value is -2.60. The van der Waals surface area contributed by atoms with Gasteiger partial charge in [-0.15, -0.1) is 0 Å². The van der Waals surface area contributed by atoms with E-state index in [0.717, 1.165) is 10.2 Å². The molecule has 5 nitrogen and oxygen atoms in total. The van der Waals surface area contributed by atoms with Gasteiger partial charge in [0, 0.05) is 47.2 Å². The van der Waals surface area contributed by atoms with Crippen molar-refractivity contribution in [1.29, 1.82) is 0 Å². The quantitative estimate of drug-likeness (QED) is 0.441. The number of hydrogen-bond acceptors (Lipinski definition) is 4. The molecule has 0 aliphatic rings. The third-order valence-electron chi connectivity index (χ3n) is 3.50. The highest BCUT2D eigenvalue weighted by Gasteiger charge is 2.07. The Labute approximate surface area is 155 Å². The van der Waals surface area contributed by atoms with Crippen molar-refractivity contribution in [3.05, 3.63) is 75.9 Å². The van der Waals surface area contributed by atoms with Crippen LogP contribution in [0.2, 0.25) is 0 Å². The maximum atomic E-state index is 12.1. The molecule has 0 aromatic heterocycles. The average molecular weight is 402 g/mol. The molecule has 2 aromatic rings. The SMILES string of the molecule is C/C(=C/C(=O)c1ccc(Br)cc1)NNC(=O)c1ccc(N(C)C)cc1. The van der Waals surface area contributed by atoms with Gasteiger partial charge in [-0.2, -0.15) is 0 Å². The van der Waals surface area contributed by atoms with Gasteiger partial charge in [-0.3, -0.25) is 15.0 Å². The lowest BCUT2D eigenvalue weighted by Crippen LogP contribution is -2.36. The number of carbonyl (C=O) groups excluding carboxylic acids is 2. The fraction of sp³-hybridized carbons (Fsp3) is 0.158. The van der Waals surface area contributed by atoms with Crippen LogP contribution in [-0.4, -0.2) is 25.8 Å². The molecule has 130 valence electrons. The number of allylic oxidation sites excluding steroid dienone is 2. The van der Waals surface area contributed by atoms with E-state index in [-0.39, 0.29) is 11.7 Å². The second-order valence-corrected chi connectivity index (χ2v) is 6.63. The standard InChI is InChI=1S/C19H20BrN3O2/c1-13(12-18(24)14-4-8-16(20)9-5-14)21-22-19(25)15-6-10-17(11-7-15)23(2)3/h4-12,21H,1-3H3,(H,22,25)/b13-12-. The lowest BCUT2D eigenvalue weighted by Gasteiger charge is -2.13. The summed E-state index contributed by atoms with van der Waals surface area (Å²) in [5.74, 6) is -0.406. The van der Waals surface area contributed by atoms with Crippen molar-refractivity contribution in [2.45, 2.75) is 6.92 Å². The van der Waals surface area contributed by atoms with Crippen LogP contribution in [0.5, 0.6) is 0 Å². The van der Waals surface area contributed by atoms with Crippen LogP contribution in [0.4, 0.5) is 5.69 Å². The number of hydrogen-bond donors (Lipinski definition) is 2. The first-order valence-corrected chi connectivity index (χ1v) is 8.48. The maximum Gasteiger partial charge on any atom is 0.269 e. The molecule has 0 radical (unpaired) electrons. The molecule has 6 heteroatoms. The Bertz CT molecular complexity index is 781. The third-order valence-corrected chi connectivity index (χ3v) is 4.02. The van der Waals surface area contributed by atoms with Crippen LogP contribution < -0.4 is 15.8 Å². The molecule has 1 amide bonds. The van der Waals surface area contributed by atoms with Crippen molar-refractivity contribution < 1.29 is 9.59 Å². The van der Waals surface area contributed by atoms with E-state index in [0.29, 0.717) is 16.8 Å². The largest absolute Gasteiger partial charge is 0.378 e. The molecular weight excluding hydrogens is 382 g/mol. The topological polar surface area (TPSA) is 61.4 Å². The van der Waals surface area contributed by atoms with Gasteiger partial charge >= 0.3 is 0 Å². The van der Waals surface area contributed by atoms with Crippen LogP contribution in [0, 0.1) is 0 Å². The number of nitrogens with one attached hydrogen (secondary N) is 2. The molecule has 2 N–H and O–H groups in total. The number of amides is 1. The van der Waals surface area contributed by atoms with E-state index in [1.165, 1.54) is 6.08 Å². The molecule has 0 aliphatic carbocycles. The number of anilines is 1. The Balaban J connectivity index is 1.94. The molecule has 2 aromatic carbocycles. The number of benzene rings is 2. The van der Waals surface area contributed by atoms with E-state index >= 15 is 0 Å². The predicted octanol–water partition coefficient (Wildman–Crippen LogP) is 3.54. The molecule has 0 atom stereocenters. The van der Waals surface area contributed by atoms with Gasteiger partial charge in [-0.05, 0) is 55.5 Å². The monoisotopic (exact) mass is 401 g/mol. The van der Waals surface area contributed by atoms with Gasteiger partial charge in [-0.1, -0.05) is 15.9 Å². The molecule has 0 heterocycles. The highest BCUT2D eigenvalue weighted by molar-refractivity contribution is 9.10. The Morgan fingerprint density at radius 1 is 0.920 bits per heavy atom. The van der Waals surface area contributed by atoms with Gasteiger partial charge in [0.15, 0.2) is 5.78 Å². The molecule has 0 fully saturated rings. The minimum absolute atomic E-state index is 0.137. The molecule has 0 aliphatic heterocycles. The van der Waals surface area contributed by atoms with Crippen LogP contribution in [0.3, 0.4) is 0 Å². The summed E-state index contributed by atoms with van der Waals surface area (Å²) >= 11 is 3.33. The highest BCUT2D eigenvalue weighted by Crippen LogP contribution is 2.13. The zero-order chi connectivity index (χ0) is 18.4. The maximum absolute atomic E-state index is 12.1. The first kappa shape index (κ1) is 18.7. The molecule has 0 saturated heterocycles. The fourth-order valence-electron chi connectivity index (χ4n) is 2.07. The summed E-state index contributed by atoms with van der Waals surface area (Å²) in [6.07, 6.45) is 1.44. The second-order valence-electron chi connectivity index (χ2n) is 5.72. The zero-order valence-corrected chi connectivity index (χ0v) is 15.9. The van der Waals surface area contributed by atoms with Gasteiger partial charge < -0.3 is 10.3 Å². The normalized spacial score (nSPS) is 11.0. The van der Waals surface area contributed by atoms with Crippen LogP contribution in [0.1, 0.15) is 27.6 Å². The summed E-state index contributed by atoms with van der Waals surface area (Å²) in [5.41, 5.74) is 8.01. The molecule has 0 unspecified atom stereocenters. The molecule has 0 saturated carbocycles. The summed E-state index contributed by atoms with van der Waals surface area (Å²) in [6.45, 7) is 1.71. The Morgan fingerprint density at radius 2 is 1.48 bits per heavy atom.